The number of anilines is 1. The number of hydrogen-bond donors (Lipinski definition) is 1. The van der Waals surface area contributed by atoms with Crippen LogP contribution in [0.15, 0.2) is 0 Å². The number of sulfone groups is 1. The first-order valence-corrected chi connectivity index (χ1v) is 11.4. The van der Waals surface area contributed by atoms with Crippen LogP contribution in [-0.2, 0) is 19.4 Å². The lowest BCUT2D eigenvalue weighted by Gasteiger charge is -2.20. The fourth-order valence-electron chi connectivity index (χ4n) is 3.88. The smallest absolute Gasteiger partial charge is 0.226 e. The molecule has 3 heterocycles. The summed E-state index contributed by atoms with van der Waals surface area (Å²) < 4.78 is 25.2. The summed E-state index contributed by atoms with van der Waals surface area (Å²) in [6.45, 7) is 4.80. The van der Waals surface area contributed by atoms with Crippen LogP contribution in [0.2, 0.25) is 0 Å². The number of amides is 2. The van der Waals surface area contributed by atoms with Crippen LogP contribution in [0.3, 0.4) is 0 Å². The molecule has 3 rings (SSSR count). The van der Waals surface area contributed by atoms with Crippen molar-refractivity contribution in [3.63, 3.8) is 0 Å². The molecule has 2 saturated heterocycles. The Bertz CT molecular complexity index is 831. The van der Waals surface area contributed by atoms with Crippen molar-refractivity contribution in [3.8, 4) is 0 Å². The molecule has 1 unspecified atom stereocenters. The molecule has 1 atom stereocenters. The number of hydrogen-bond acceptors (Lipinski definition) is 5. The monoisotopic (exact) mass is 396 g/mol. The van der Waals surface area contributed by atoms with E-state index in [0.29, 0.717) is 30.8 Å². The SMILES string of the molecule is Cc1nn(C2CCS(=O)(=O)C2)c(C)c1NC(=O)CCN1CCCCCC1=O. The minimum Gasteiger partial charge on any atom is -0.342 e. The minimum atomic E-state index is -3.00. The van der Waals surface area contributed by atoms with Crippen LogP contribution in [0.4, 0.5) is 5.69 Å². The van der Waals surface area contributed by atoms with E-state index in [1.165, 1.54) is 0 Å². The van der Waals surface area contributed by atoms with Crippen molar-refractivity contribution in [1.29, 1.82) is 0 Å². The van der Waals surface area contributed by atoms with E-state index in [2.05, 4.69) is 10.4 Å². The molecule has 27 heavy (non-hydrogen) atoms. The molecule has 2 fully saturated rings. The van der Waals surface area contributed by atoms with Gasteiger partial charge in [0.1, 0.15) is 0 Å². The third-order valence-electron chi connectivity index (χ3n) is 5.42. The second-order valence-electron chi connectivity index (χ2n) is 7.54. The molecule has 0 saturated carbocycles. The summed E-state index contributed by atoms with van der Waals surface area (Å²) in [6.07, 6.45) is 4.33. The van der Waals surface area contributed by atoms with E-state index in [1.54, 1.807) is 16.5 Å². The van der Waals surface area contributed by atoms with Crippen molar-refractivity contribution in [2.75, 3.05) is 29.9 Å². The van der Waals surface area contributed by atoms with E-state index in [4.69, 9.17) is 0 Å². The van der Waals surface area contributed by atoms with E-state index in [1.807, 2.05) is 6.92 Å². The second-order valence-corrected chi connectivity index (χ2v) is 9.77. The molecule has 2 aliphatic heterocycles. The van der Waals surface area contributed by atoms with E-state index in [-0.39, 0.29) is 35.8 Å². The van der Waals surface area contributed by atoms with Crippen LogP contribution in [0.1, 0.15) is 56.0 Å². The fraction of sp³-hybridized carbons (Fsp3) is 0.722. The van der Waals surface area contributed by atoms with Crippen molar-refractivity contribution >= 4 is 27.3 Å². The predicted octanol–water partition coefficient (Wildman–Crippen LogP) is 1.59. The van der Waals surface area contributed by atoms with Crippen LogP contribution < -0.4 is 5.32 Å². The highest BCUT2D eigenvalue weighted by molar-refractivity contribution is 7.91. The first-order valence-electron chi connectivity index (χ1n) is 9.60. The molecule has 0 radical (unpaired) electrons. The summed E-state index contributed by atoms with van der Waals surface area (Å²) in [7, 11) is -3.00. The lowest BCUT2D eigenvalue weighted by molar-refractivity contribution is -0.131. The minimum absolute atomic E-state index is 0.0966. The number of likely N-dealkylation sites (tertiary alicyclic amines) is 1. The van der Waals surface area contributed by atoms with Gasteiger partial charge in [0.05, 0.1) is 34.6 Å². The van der Waals surface area contributed by atoms with Gasteiger partial charge in [0, 0.05) is 25.9 Å². The van der Waals surface area contributed by atoms with Gasteiger partial charge < -0.3 is 10.2 Å². The average Bonchev–Trinajstić information content (AvgIpc) is 3.00. The summed E-state index contributed by atoms with van der Waals surface area (Å²) in [5.41, 5.74) is 2.09. The maximum Gasteiger partial charge on any atom is 0.226 e. The zero-order valence-electron chi connectivity index (χ0n) is 16.0. The summed E-state index contributed by atoms with van der Waals surface area (Å²) in [5, 5.41) is 7.36. The van der Waals surface area contributed by atoms with E-state index in [9.17, 15) is 18.0 Å². The number of rotatable bonds is 5. The normalized spacial score (nSPS) is 22.7. The second kappa shape index (κ2) is 8.00. The van der Waals surface area contributed by atoms with Crippen LogP contribution in [0, 0.1) is 13.8 Å². The summed E-state index contributed by atoms with van der Waals surface area (Å²) >= 11 is 0. The van der Waals surface area contributed by atoms with Gasteiger partial charge in [0.15, 0.2) is 9.84 Å². The Morgan fingerprint density at radius 2 is 2.04 bits per heavy atom. The molecule has 1 N–H and O–H groups in total. The van der Waals surface area contributed by atoms with Crippen molar-refractivity contribution < 1.29 is 18.0 Å². The topological polar surface area (TPSA) is 101 Å². The number of carbonyl (C=O) groups excluding carboxylic acids is 2. The number of aryl methyl sites for hydroxylation is 1. The average molecular weight is 397 g/mol. The number of carbonyl (C=O) groups is 2. The van der Waals surface area contributed by atoms with Crippen molar-refractivity contribution in [3.05, 3.63) is 11.4 Å². The zero-order chi connectivity index (χ0) is 19.6. The maximum atomic E-state index is 12.4. The largest absolute Gasteiger partial charge is 0.342 e. The summed E-state index contributed by atoms with van der Waals surface area (Å²) in [6, 6.07) is -0.172. The Morgan fingerprint density at radius 3 is 2.74 bits per heavy atom. The standard InChI is InChI=1S/C18H28N4O4S/c1-13-18(14(2)22(20-13)15-8-11-27(25,26)12-15)19-16(23)7-10-21-9-5-3-4-6-17(21)24/h15H,3-12H2,1-2H3,(H,19,23). The number of nitrogens with one attached hydrogen (secondary N) is 1. The van der Waals surface area contributed by atoms with Crippen molar-refractivity contribution in [2.45, 2.75) is 58.4 Å². The van der Waals surface area contributed by atoms with Gasteiger partial charge in [-0.15, -0.1) is 0 Å². The van der Waals surface area contributed by atoms with Crippen molar-refractivity contribution in [1.82, 2.24) is 14.7 Å². The number of aromatic nitrogens is 2. The summed E-state index contributed by atoms with van der Waals surface area (Å²) in [5.74, 6) is 0.251. The van der Waals surface area contributed by atoms with Crippen LogP contribution in [0.5, 0.6) is 0 Å². The van der Waals surface area contributed by atoms with Gasteiger partial charge in [0.25, 0.3) is 0 Å². The van der Waals surface area contributed by atoms with Gasteiger partial charge in [0.2, 0.25) is 11.8 Å². The van der Waals surface area contributed by atoms with Gasteiger partial charge in [-0.2, -0.15) is 5.10 Å². The quantitative estimate of drug-likeness (QED) is 0.814. The molecular weight excluding hydrogens is 368 g/mol. The van der Waals surface area contributed by atoms with Crippen LogP contribution >= 0.6 is 0 Å². The maximum absolute atomic E-state index is 12.4. The van der Waals surface area contributed by atoms with Gasteiger partial charge in [-0.1, -0.05) is 6.42 Å². The first kappa shape index (κ1) is 19.9. The van der Waals surface area contributed by atoms with Gasteiger partial charge in [-0.05, 0) is 33.1 Å². The Labute approximate surface area is 160 Å². The van der Waals surface area contributed by atoms with E-state index in [0.717, 1.165) is 31.5 Å². The highest BCUT2D eigenvalue weighted by atomic mass is 32.2. The molecule has 2 aliphatic rings. The molecule has 1 aromatic heterocycles. The predicted molar refractivity (Wildman–Crippen MR) is 102 cm³/mol. The van der Waals surface area contributed by atoms with E-state index < -0.39 is 9.84 Å². The third-order valence-corrected chi connectivity index (χ3v) is 7.17. The van der Waals surface area contributed by atoms with Gasteiger partial charge in [-0.3, -0.25) is 14.3 Å². The molecule has 2 amide bonds. The molecule has 1 aromatic rings. The Balaban J connectivity index is 1.62. The molecule has 8 nitrogen and oxygen atoms in total. The van der Waals surface area contributed by atoms with E-state index >= 15 is 0 Å². The molecule has 0 aliphatic carbocycles. The molecule has 0 bridgehead atoms. The zero-order valence-corrected chi connectivity index (χ0v) is 16.8. The lowest BCUT2D eigenvalue weighted by Crippen LogP contribution is -2.33. The Hall–Kier alpha value is -1.90. The Kier molecular flexibility index (Phi) is 5.88. The highest BCUT2D eigenvalue weighted by Gasteiger charge is 2.31. The number of nitrogens with zero attached hydrogens (tertiary/aromatic N) is 3. The fourth-order valence-corrected chi connectivity index (χ4v) is 5.57. The van der Waals surface area contributed by atoms with Crippen molar-refractivity contribution in [2.24, 2.45) is 0 Å². The first-order chi connectivity index (χ1) is 12.8. The third kappa shape index (κ3) is 4.69. The lowest BCUT2D eigenvalue weighted by atomic mass is 10.2. The molecule has 150 valence electrons. The summed E-state index contributed by atoms with van der Waals surface area (Å²) in [4.78, 5) is 26.2. The highest BCUT2D eigenvalue weighted by Crippen LogP contribution is 2.29. The van der Waals surface area contributed by atoms with Crippen LogP contribution in [0.25, 0.3) is 0 Å². The molecular formula is C18H28N4O4S. The molecule has 0 aromatic carbocycles. The van der Waals surface area contributed by atoms with Gasteiger partial charge in [-0.25, -0.2) is 8.42 Å². The molecule has 0 spiro atoms. The Morgan fingerprint density at radius 1 is 1.26 bits per heavy atom. The molecule has 9 heteroatoms. The van der Waals surface area contributed by atoms with Crippen LogP contribution in [-0.4, -0.2) is 59.5 Å². The van der Waals surface area contributed by atoms with Gasteiger partial charge >= 0.3 is 0 Å².